The molecular weight excluding hydrogens is 697 g/mol. The van der Waals surface area contributed by atoms with E-state index in [4.69, 9.17) is 4.42 Å². The molecule has 1 N–H and O–H groups in total. The molecule has 1 heterocycles. The van der Waals surface area contributed by atoms with Crippen LogP contribution in [0.5, 0.6) is 5.75 Å². The van der Waals surface area contributed by atoms with Gasteiger partial charge in [0, 0.05) is 34.6 Å². The summed E-state index contributed by atoms with van der Waals surface area (Å²) < 4.78 is 5.33. The molecule has 1 aliphatic rings. The molecule has 298 valence electrons. The smallest absolute Gasteiger partial charge is 0.343 e. The van der Waals surface area contributed by atoms with E-state index in [0.717, 1.165) is 29.7 Å². The van der Waals surface area contributed by atoms with Crippen LogP contribution in [0.3, 0.4) is 0 Å². The Labute approximate surface area is 334 Å². The van der Waals surface area contributed by atoms with Crippen molar-refractivity contribution in [1.82, 2.24) is 0 Å². The Hall–Kier alpha value is -4.84. The first-order chi connectivity index (χ1) is 26.8. The first-order valence-electron chi connectivity index (χ1n) is 20.6. The van der Waals surface area contributed by atoms with Gasteiger partial charge in [-0.25, -0.2) is 4.79 Å². The monoisotopic (exact) mass is 758 g/mol. The van der Waals surface area contributed by atoms with Crippen LogP contribution in [0, 0.1) is 17.8 Å². The van der Waals surface area contributed by atoms with Crippen LogP contribution in [0.15, 0.2) is 111 Å². The second-order valence-corrected chi connectivity index (χ2v) is 16.4. The maximum absolute atomic E-state index is 12.9. The van der Waals surface area contributed by atoms with E-state index < -0.39 is 11.5 Å². The zero-order valence-corrected chi connectivity index (χ0v) is 34.7. The van der Waals surface area contributed by atoms with Crippen molar-refractivity contribution in [2.45, 2.75) is 125 Å². The molecule has 1 aliphatic carbocycles. The van der Waals surface area contributed by atoms with Crippen molar-refractivity contribution >= 4 is 28.3 Å². The molecule has 0 spiro atoms. The second kappa shape index (κ2) is 21.5. The lowest BCUT2D eigenvalue weighted by atomic mass is 9.83. The molecule has 5 rings (SSSR count). The summed E-state index contributed by atoms with van der Waals surface area (Å²) in [5, 5.41) is 11.1. The largest absolute Gasteiger partial charge is 0.507 e. The predicted octanol–water partition coefficient (Wildman–Crippen LogP) is 12.8. The van der Waals surface area contributed by atoms with Crippen LogP contribution in [0.25, 0.3) is 11.0 Å². The van der Waals surface area contributed by atoms with Gasteiger partial charge in [-0.2, -0.15) is 0 Å². The molecule has 0 fully saturated rings. The molecule has 0 aliphatic heterocycles. The Morgan fingerprint density at radius 1 is 0.714 bits per heavy atom. The minimum absolute atomic E-state index is 0.00526. The molecule has 0 radical (unpaired) electrons. The molecule has 0 saturated heterocycles. The molecule has 0 saturated carbocycles. The van der Waals surface area contributed by atoms with Gasteiger partial charge in [-0.05, 0) is 75.5 Å². The van der Waals surface area contributed by atoms with Crippen LogP contribution in [0.4, 0.5) is 0 Å². The average molecular weight is 759 g/mol. The average Bonchev–Trinajstić information content (AvgIpc) is 3.17. The van der Waals surface area contributed by atoms with Crippen LogP contribution in [-0.2, 0) is 4.79 Å². The van der Waals surface area contributed by atoms with Gasteiger partial charge in [-0.15, -0.1) is 0 Å². The summed E-state index contributed by atoms with van der Waals surface area (Å²) in [6, 6.07) is 23.2. The van der Waals surface area contributed by atoms with E-state index in [1.807, 2.05) is 42.5 Å². The third-order valence-corrected chi connectivity index (χ3v) is 11.1. The van der Waals surface area contributed by atoms with Crippen molar-refractivity contribution in [2.75, 3.05) is 0 Å². The molecule has 6 nitrogen and oxygen atoms in total. The van der Waals surface area contributed by atoms with Crippen molar-refractivity contribution in [1.29, 1.82) is 0 Å². The lowest BCUT2D eigenvalue weighted by molar-refractivity contribution is -0.117. The maximum Gasteiger partial charge on any atom is 0.343 e. The van der Waals surface area contributed by atoms with Gasteiger partial charge in [0.15, 0.2) is 11.6 Å². The summed E-state index contributed by atoms with van der Waals surface area (Å²) in [6.07, 6.45) is 14.5. The van der Waals surface area contributed by atoms with Gasteiger partial charge in [0.05, 0.1) is 10.9 Å². The molecule has 1 aromatic heterocycles. The molecule has 4 aromatic rings. The summed E-state index contributed by atoms with van der Waals surface area (Å²) >= 11 is 0. The molecular formula is C50H62O6. The highest BCUT2D eigenvalue weighted by atomic mass is 16.4. The minimum atomic E-state index is -0.615. The first kappa shape index (κ1) is 43.9. The number of allylic oxidation sites excluding steroid dienone is 4. The number of fused-ring (bicyclic) bond motifs is 2. The Morgan fingerprint density at radius 2 is 1.27 bits per heavy atom. The Morgan fingerprint density at radius 3 is 1.89 bits per heavy atom. The third-order valence-electron chi connectivity index (χ3n) is 11.1. The summed E-state index contributed by atoms with van der Waals surface area (Å²) in [4.78, 5) is 49.6. The Balaban J connectivity index is 0.000000264. The summed E-state index contributed by atoms with van der Waals surface area (Å²) in [7, 11) is 0. The highest BCUT2D eigenvalue weighted by molar-refractivity contribution is 6.26. The number of hydrogen-bond acceptors (Lipinski definition) is 6. The molecule has 6 heteroatoms. The van der Waals surface area contributed by atoms with Crippen LogP contribution < -0.4 is 5.63 Å². The molecule has 56 heavy (non-hydrogen) atoms. The zero-order chi connectivity index (χ0) is 40.8. The van der Waals surface area contributed by atoms with Crippen molar-refractivity contribution in [2.24, 2.45) is 17.8 Å². The fourth-order valence-corrected chi connectivity index (χ4v) is 7.70. The van der Waals surface area contributed by atoms with Gasteiger partial charge in [0.25, 0.3) is 0 Å². The molecule has 3 aromatic carbocycles. The standard InChI is InChI=1S/C31H46O2.C19H16O4/c1-22(2)12-9-13-23(3)14-10-15-24(4)16-11-17-25(5)20-21-27-26(6)30(32)28-18-7-8-19-29(28)31(27)33;1-12(20)11-15(13-7-3-2-4-8-13)17-18(21)14-9-5-6-10-16(14)23-19(17)22/h7-8,18-20,22-24H,9-17,21H2,1-6H3;2-10,15,21H,11H2,1H3/b25-20+;/t23-,24-;/m1./s1. The van der Waals surface area contributed by atoms with E-state index in [9.17, 15) is 24.3 Å². The van der Waals surface area contributed by atoms with Crippen molar-refractivity contribution in [3.8, 4) is 5.75 Å². The Bertz CT molecular complexity index is 2060. The molecule has 3 atom stereocenters. The third kappa shape index (κ3) is 12.3. The minimum Gasteiger partial charge on any atom is -0.507 e. The topological polar surface area (TPSA) is 102 Å². The number of ketones is 3. The van der Waals surface area contributed by atoms with Gasteiger partial charge in [0.2, 0.25) is 0 Å². The van der Waals surface area contributed by atoms with Crippen molar-refractivity contribution < 1.29 is 23.9 Å². The van der Waals surface area contributed by atoms with E-state index in [0.29, 0.717) is 39.7 Å². The van der Waals surface area contributed by atoms with Crippen LogP contribution in [-0.4, -0.2) is 22.5 Å². The van der Waals surface area contributed by atoms with Crippen LogP contribution in [0.1, 0.15) is 157 Å². The second-order valence-electron chi connectivity index (χ2n) is 16.4. The van der Waals surface area contributed by atoms with Crippen LogP contribution >= 0.6 is 0 Å². The maximum atomic E-state index is 12.9. The highest BCUT2D eigenvalue weighted by Gasteiger charge is 2.29. The van der Waals surface area contributed by atoms with E-state index in [-0.39, 0.29) is 35.1 Å². The first-order valence-corrected chi connectivity index (χ1v) is 20.6. The predicted molar refractivity (Wildman–Crippen MR) is 229 cm³/mol. The highest BCUT2D eigenvalue weighted by Crippen LogP contribution is 2.36. The van der Waals surface area contributed by atoms with Crippen LogP contribution in [0.2, 0.25) is 0 Å². The van der Waals surface area contributed by atoms with Crippen molar-refractivity contribution in [3.05, 3.63) is 134 Å². The van der Waals surface area contributed by atoms with Gasteiger partial charge < -0.3 is 9.52 Å². The number of carbonyl (C=O) groups excluding carboxylic acids is 3. The number of hydrogen-bond donors (Lipinski definition) is 1. The van der Waals surface area contributed by atoms with E-state index in [2.05, 4.69) is 40.7 Å². The van der Waals surface area contributed by atoms with Gasteiger partial charge in [0.1, 0.15) is 17.1 Å². The quantitative estimate of drug-likeness (QED) is 0.0801. The van der Waals surface area contributed by atoms with E-state index in [1.54, 1.807) is 43.3 Å². The molecule has 0 bridgehead atoms. The number of rotatable bonds is 18. The van der Waals surface area contributed by atoms with E-state index in [1.165, 1.54) is 63.9 Å². The van der Waals surface area contributed by atoms with Gasteiger partial charge in [-0.3, -0.25) is 14.4 Å². The molecule has 0 amide bonds. The normalized spacial score (nSPS) is 14.7. The SMILES string of the molecule is CC(=O)CC(c1ccccc1)c1c(O)c2ccccc2oc1=O.CC1=C(C/C=C(\C)CCC[C@H](C)CCC[C@H](C)CCCC(C)C)C(=O)c2ccccc2C1=O. The van der Waals surface area contributed by atoms with Gasteiger partial charge in [-0.1, -0.05) is 151 Å². The summed E-state index contributed by atoms with van der Waals surface area (Å²) in [5.74, 6) is 1.76. The lowest BCUT2D eigenvalue weighted by Crippen LogP contribution is -2.20. The summed E-state index contributed by atoms with van der Waals surface area (Å²) in [6.45, 7) is 14.9. The fourth-order valence-electron chi connectivity index (χ4n) is 7.70. The number of Topliss-reactive ketones (excluding diaryl/α,β-unsaturated/α-hetero) is 3. The molecule has 1 unspecified atom stereocenters. The Kier molecular flexibility index (Phi) is 16.8. The number of carbonyl (C=O) groups is 3. The summed E-state index contributed by atoms with van der Waals surface area (Å²) in [5.41, 5.74) is 4.32. The number of aromatic hydroxyl groups is 1. The van der Waals surface area contributed by atoms with E-state index >= 15 is 0 Å². The van der Waals surface area contributed by atoms with Crippen molar-refractivity contribution in [3.63, 3.8) is 0 Å². The number of para-hydroxylation sites is 1. The lowest BCUT2D eigenvalue weighted by Gasteiger charge is -2.18. The van der Waals surface area contributed by atoms with Gasteiger partial charge >= 0.3 is 5.63 Å². The number of benzene rings is 3. The fraction of sp³-hybridized carbons (Fsp3) is 0.440. The zero-order valence-electron chi connectivity index (χ0n) is 34.7.